The minimum atomic E-state index is -0.805. The summed E-state index contributed by atoms with van der Waals surface area (Å²) >= 11 is 1.69. The molecule has 0 amide bonds. The highest BCUT2D eigenvalue weighted by Crippen LogP contribution is 2.37. The molecule has 0 spiro atoms. The van der Waals surface area contributed by atoms with Gasteiger partial charge in [-0.25, -0.2) is 0 Å². The van der Waals surface area contributed by atoms with Crippen molar-refractivity contribution in [1.29, 1.82) is 0 Å². The lowest BCUT2D eigenvalue weighted by molar-refractivity contribution is -0.0678. The van der Waals surface area contributed by atoms with Gasteiger partial charge >= 0.3 is 0 Å². The summed E-state index contributed by atoms with van der Waals surface area (Å²) in [7, 11) is 1.70. The molecule has 0 atom stereocenters. The summed E-state index contributed by atoms with van der Waals surface area (Å²) in [4.78, 5) is 4.65. The van der Waals surface area contributed by atoms with Gasteiger partial charge in [0, 0.05) is 48.9 Å². The van der Waals surface area contributed by atoms with Crippen LogP contribution in [0.4, 0.5) is 0 Å². The fourth-order valence-corrected chi connectivity index (χ4v) is 4.89. The fourth-order valence-electron chi connectivity index (χ4n) is 3.81. The average molecular weight is 383 g/mol. The Morgan fingerprint density at radius 2 is 2.07 bits per heavy atom. The Hall–Kier alpha value is -2.19. The standard InChI is InChI=1S/C20H21N3O3S/c1-25-11-14-10-17-19(27-14)18(23-22-17)16-8-12-2-3-13(9-15(12)21-16)20(24)4-6-26-7-5-20/h2-3,8-10,21,24H,4-7,11H2,1H3,(H,22,23). The van der Waals surface area contributed by atoms with Crippen molar-refractivity contribution in [3.8, 4) is 11.4 Å². The first kappa shape index (κ1) is 16.9. The third kappa shape index (κ3) is 2.87. The Morgan fingerprint density at radius 1 is 1.22 bits per heavy atom. The van der Waals surface area contributed by atoms with Crippen LogP contribution in [-0.2, 0) is 21.7 Å². The molecule has 1 saturated heterocycles. The van der Waals surface area contributed by atoms with Crippen LogP contribution >= 0.6 is 11.3 Å². The van der Waals surface area contributed by atoms with E-state index in [-0.39, 0.29) is 0 Å². The quantitative estimate of drug-likeness (QED) is 0.499. The summed E-state index contributed by atoms with van der Waals surface area (Å²) < 4.78 is 11.8. The number of methoxy groups -OCH3 is 1. The predicted molar refractivity (Wildman–Crippen MR) is 106 cm³/mol. The number of aromatic nitrogens is 3. The molecule has 1 aliphatic heterocycles. The Balaban J connectivity index is 1.55. The number of benzene rings is 1. The topological polar surface area (TPSA) is 83.2 Å². The van der Waals surface area contributed by atoms with Gasteiger partial charge in [0.25, 0.3) is 0 Å². The molecular weight excluding hydrogens is 362 g/mol. The largest absolute Gasteiger partial charge is 0.385 e. The van der Waals surface area contributed by atoms with Gasteiger partial charge in [0.15, 0.2) is 0 Å². The Bertz CT molecular complexity index is 1100. The highest BCUT2D eigenvalue weighted by Gasteiger charge is 2.32. The number of hydrogen-bond acceptors (Lipinski definition) is 5. The van der Waals surface area contributed by atoms with Crippen molar-refractivity contribution in [1.82, 2.24) is 15.2 Å². The van der Waals surface area contributed by atoms with Crippen LogP contribution in [0.1, 0.15) is 23.3 Å². The van der Waals surface area contributed by atoms with Crippen molar-refractivity contribution in [2.24, 2.45) is 0 Å². The van der Waals surface area contributed by atoms with E-state index in [9.17, 15) is 5.11 Å². The number of ether oxygens (including phenoxy) is 2. The van der Waals surface area contributed by atoms with Gasteiger partial charge in [0.05, 0.1) is 28.1 Å². The molecule has 1 aliphatic rings. The number of H-pyrrole nitrogens is 2. The summed E-state index contributed by atoms with van der Waals surface area (Å²) in [6.45, 7) is 1.79. The Labute approximate surface area is 160 Å². The van der Waals surface area contributed by atoms with Gasteiger partial charge in [-0.05, 0) is 23.8 Å². The lowest BCUT2D eigenvalue weighted by Crippen LogP contribution is -2.33. The lowest BCUT2D eigenvalue weighted by Gasteiger charge is -2.32. The van der Waals surface area contributed by atoms with Gasteiger partial charge in [-0.3, -0.25) is 5.10 Å². The average Bonchev–Trinajstić information content (AvgIpc) is 3.35. The molecule has 4 aromatic rings. The van der Waals surface area contributed by atoms with E-state index in [0.717, 1.165) is 38.1 Å². The van der Waals surface area contributed by atoms with Crippen LogP contribution in [0.3, 0.4) is 0 Å². The van der Waals surface area contributed by atoms with Gasteiger partial charge in [-0.2, -0.15) is 5.10 Å². The summed E-state index contributed by atoms with van der Waals surface area (Å²) in [5.41, 5.74) is 4.06. The number of nitrogens with one attached hydrogen (secondary N) is 2. The predicted octanol–water partition coefficient (Wildman–Crippen LogP) is 3.92. The summed E-state index contributed by atoms with van der Waals surface area (Å²) in [5.74, 6) is 0. The van der Waals surface area contributed by atoms with Gasteiger partial charge in [0.2, 0.25) is 0 Å². The molecular formula is C20H21N3O3S. The minimum absolute atomic E-state index is 0.595. The zero-order chi connectivity index (χ0) is 18.4. The van der Waals surface area contributed by atoms with Gasteiger partial charge in [-0.1, -0.05) is 12.1 Å². The molecule has 0 radical (unpaired) electrons. The van der Waals surface area contributed by atoms with Gasteiger partial charge in [0.1, 0.15) is 5.69 Å². The fraction of sp³-hybridized carbons (Fsp3) is 0.350. The molecule has 5 rings (SSSR count). The second-order valence-corrected chi connectivity index (χ2v) is 8.23. The van der Waals surface area contributed by atoms with Crippen molar-refractivity contribution in [3.05, 3.63) is 40.8 Å². The molecule has 27 heavy (non-hydrogen) atoms. The first-order valence-electron chi connectivity index (χ1n) is 9.06. The van der Waals surface area contributed by atoms with Crippen molar-refractivity contribution in [2.45, 2.75) is 25.0 Å². The molecule has 6 nitrogen and oxygen atoms in total. The minimum Gasteiger partial charge on any atom is -0.385 e. The van der Waals surface area contributed by atoms with E-state index < -0.39 is 5.60 Å². The molecule has 3 N–H and O–H groups in total. The van der Waals surface area contributed by atoms with Crippen molar-refractivity contribution in [3.63, 3.8) is 0 Å². The second-order valence-electron chi connectivity index (χ2n) is 7.09. The van der Waals surface area contributed by atoms with E-state index >= 15 is 0 Å². The summed E-state index contributed by atoms with van der Waals surface area (Å²) in [6.07, 6.45) is 1.26. The molecule has 0 unspecified atom stereocenters. The van der Waals surface area contributed by atoms with Crippen molar-refractivity contribution >= 4 is 32.5 Å². The maximum Gasteiger partial charge on any atom is 0.126 e. The van der Waals surface area contributed by atoms with E-state index in [1.54, 1.807) is 18.4 Å². The number of thiophene rings is 1. The van der Waals surface area contributed by atoms with Crippen LogP contribution in [0.2, 0.25) is 0 Å². The van der Waals surface area contributed by atoms with E-state index in [4.69, 9.17) is 9.47 Å². The molecule has 140 valence electrons. The molecule has 0 bridgehead atoms. The summed E-state index contributed by atoms with van der Waals surface area (Å²) in [6, 6.07) is 10.3. The Morgan fingerprint density at radius 3 is 2.89 bits per heavy atom. The summed E-state index contributed by atoms with van der Waals surface area (Å²) in [5, 5.41) is 19.7. The molecule has 1 aromatic carbocycles. The number of hydrogen-bond donors (Lipinski definition) is 3. The molecule has 7 heteroatoms. The van der Waals surface area contributed by atoms with E-state index in [1.165, 1.54) is 4.88 Å². The van der Waals surface area contributed by atoms with E-state index in [1.807, 2.05) is 6.07 Å². The lowest BCUT2D eigenvalue weighted by atomic mass is 9.86. The highest BCUT2D eigenvalue weighted by molar-refractivity contribution is 7.19. The monoisotopic (exact) mass is 383 g/mol. The number of rotatable bonds is 4. The number of aromatic amines is 2. The number of nitrogens with zero attached hydrogens (tertiary/aromatic N) is 1. The van der Waals surface area contributed by atoms with Crippen molar-refractivity contribution in [2.75, 3.05) is 20.3 Å². The van der Waals surface area contributed by atoms with Gasteiger partial charge in [-0.15, -0.1) is 11.3 Å². The third-order valence-corrected chi connectivity index (χ3v) is 6.42. The number of fused-ring (bicyclic) bond motifs is 2. The molecule has 3 aromatic heterocycles. The van der Waals surface area contributed by atoms with Crippen LogP contribution in [-0.4, -0.2) is 40.6 Å². The van der Waals surface area contributed by atoms with Crippen molar-refractivity contribution < 1.29 is 14.6 Å². The van der Waals surface area contributed by atoms with E-state index in [2.05, 4.69) is 39.4 Å². The number of aliphatic hydroxyl groups is 1. The van der Waals surface area contributed by atoms with E-state index in [0.29, 0.717) is 32.7 Å². The highest BCUT2D eigenvalue weighted by atomic mass is 32.1. The normalized spacial score (nSPS) is 17.1. The first-order chi connectivity index (χ1) is 13.2. The van der Waals surface area contributed by atoms with Crippen LogP contribution in [0, 0.1) is 0 Å². The molecule has 0 aliphatic carbocycles. The second kappa shape index (κ2) is 6.45. The van der Waals surface area contributed by atoms with Crippen LogP contribution < -0.4 is 0 Å². The molecule has 1 fully saturated rings. The van der Waals surface area contributed by atoms with Gasteiger partial charge < -0.3 is 19.6 Å². The maximum atomic E-state index is 11.0. The maximum absolute atomic E-state index is 11.0. The first-order valence-corrected chi connectivity index (χ1v) is 9.87. The SMILES string of the molecule is COCc1cc2[nH]nc(-c3cc4ccc(C5(O)CCOCC5)cc4[nH]3)c2s1. The smallest absolute Gasteiger partial charge is 0.126 e. The zero-order valence-electron chi connectivity index (χ0n) is 15.0. The van der Waals surface area contributed by atoms with Crippen LogP contribution in [0.15, 0.2) is 30.3 Å². The molecule has 0 saturated carbocycles. The van der Waals surface area contributed by atoms with Crippen LogP contribution in [0.5, 0.6) is 0 Å². The third-order valence-electron chi connectivity index (χ3n) is 5.31. The molecule has 4 heterocycles. The van der Waals surface area contributed by atoms with Crippen LogP contribution in [0.25, 0.3) is 32.5 Å². The zero-order valence-corrected chi connectivity index (χ0v) is 15.9. The Kier molecular flexibility index (Phi) is 4.05.